The Balaban J connectivity index is 2.18. The number of guanidine groups is 1. The van der Waals surface area contributed by atoms with Crippen molar-refractivity contribution < 1.29 is 18.0 Å². The van der Waals surface area contributed by atoms with Gasteiger partial charge in [0.05, 0.1) is 6.54 Å². The maximum atomic E-state index is 12.2. The number of aliphatic imine (C=N–C) groups is 1. The molecule has 0 unspecified atom stereocenters. The Morgan fingerprint density at radius 1 is 1.21 bits per heavy atom. The zero-order chi connectivity index (χ0) is 18.0. The SMILES string of the molecule is CN=C(NCCCC1CCCCC1)NCC(=O)N(C)CC(F)(F)F. The van der Waals surface area contributed by atoms with E-state index in [-0.39, 0.29) is 6.54 Å². The molecular weight excluding hydrogens is 321 g/mol. The molecule has 8 heteroatoms. The van der Waals surface area contributed by atoms with Crippen LogP contribution in [0.1, 0.15) is 44.9 Å². The van der Waals surface area contributed by atoms with Gasteiger partial charge in [-0.3, -0.25) is 9.79 Å². The molecule has 1 amide bonds. The largest absolute Gasteiger partial charge is 0.406 e. The standard InChI is InChI=1S/C16H29F3N4O/c1-20-15(21-10-6-9-13-7-4-3-5-8-13)22-11-14(24)23(2)12-16(17,18)19/h13H,3-12H2,1-2H3,(H2,20,21,22). The monoisotopic (exact) mass is 350 g/mol. The van der Waals surface area contributed by atoms with Crippen LogP contribution in [0.2, 0.25) is 0 Å². The average Bonchev–Trinajstić information content (AvgIpc) is 2.53. The third-order valence-electron chi connectivity index (χ3n) is 4.28. The lowest BCUT2D eigenvalue weighted by atomic mass is 9.86. The van der Waals surface area contributed by atoms with E-state index in [1.54, 1.807) is 7.05 Å². The first-order chi connectivity index (χ1) is 11.3. The Kier molecular flexibility index (Phi) is 8.92. The van der Waals surface area contributed by atoms with Crippen LogP contribution < -0.4 is 10.6 Å². The molecule has 0 aliphatic heterocycles. The summed E-state index contributed by atoms with van der Waals surface area (Å²) < 4.78 is 36.7. The van der Waals surface area contributed by atoms with Crippen molar-refractivity contribution in [2.45, 2.75) is 51.1 Å². The van der Waals surface area contributed by atoms with E-state index in [4.69, 9.17) is 0 Å². The van der Waals surface area contributed by atoms with Crippen LogP contribution in [0.3, 0.4) is 0 Å². The summed E-state index contributed by atoms with van der Waals surface area (Å²) in [6.45, 7) is -0.724. The number of nitrogens with zero attached hydrogens (tertiary/aromatic N) is 2. The number of likely N-dealkylation sites (N-methyl/N-ethyl adjacent to an activating group) is 1. The van der Waals surface area contributed by atoms with Gasteiger partial charge in [-0.15, -0.1) is 0 Å². The van der Waals surface area contributed by atoms with Crippen LogP contribution in [0.4, 0.5) is 13.2 Å². The van der Waals surface area contributed by atoms with Crippen molar-refractivity contribution in [1.82, 2.24) is 15.5 Å². The van der Waals surface area contributed by atoms with Gasteiger partial charge in [0.25, 0.3) is 0 Å². The van der Waals surface area contributed by atoms with E-state index < -0.39 is 18.6 Å². The molecule has 2 N–H and O–H groups in total. The second kappa shape index (κ2) is 10.4. The molecule has 1 saturated carbocycles. The molecule has 24 heavy (non-hydrogen) atoms. The van der Waals surface area contributed by atoms with E-state index in [1.807, 2.05) is 0 Å². The van der Waals surface area contributed by atoms with Crippen molar-refractivity contribution in [3.63, 3.8) is 0 Å². The van der Waals surface area contributed by atoms with Gasteiger partial charge in [-0.05, 0) is 18.8 Å². The van der Waals surface area contributed by atoms with Gasteiger partial charge in [0.2, 0.25) is 5.91 Å². The second-order valence-electron chi connectivity index (χ2n) is 6.36. The molecule has 140 valence electrons. The van der Waals surface area contributed by atoms with E-state index in [2.05, 4.69) is 15.6 Å². The molecule has 0 saturated heterocycles. The van der Waals surface area contributed by atoms with Crippen molar-refractivity contribution in [2.24, 2.45) is 10.9 Å². The van der Waals surface area contributed by atoms with E-state index >= 15 is 0 Å². The number of hydrogen-bond donors (Lipinski definition) is 2. The molecule has 0 heterocycles. The highest BCUT2D eigenvalue weighted by molar-refractivity contribution is 5.86. The number of halogens is 3. The number of hydrogen-bond acceptors (Lipinski definition) is 2. The number of amides is 1. The fraction of sp³-hybridized carbons (Fsp3) is 0.875. The highest BCUT2D eigenvalue weighted by atomic mass is 19.4. The maximum Gasteiger partial charge on any atom is 0.406 e. The van der Waals surface area contributed by atoms with Crippen LogP contribution in [0.25, 0.3) is 0 Å². The molecular formula is C16H29F3N4O. The number of carbonyl (C=O) groups is 1. The molecule has 0 radical (unpaired) electrons. The van der Waals surface area contributed by atoms with Crippen molar-refractivity contribution in [2.75, 3.05) is 33.7 Å². The van der Waals surface area contributed by atoms with E-state index in [0.29, 0.717) is 10.9 Å². The summed E-state index contributed by atoms with van der Waals surface area (Å²) in [5.41, 5.74) is 0. The summed E-state index contributed by atoms with van der Waals surface area (Å²) >= 11 is 0. The molecule has 0 atom stereocenters. The van der Waals surface area contributed by atoms with E-state index in [1.165, 1.54) is 38.5 Å². The predicted molar refractivity (Wildman–Crippen MR) is 88.9 cm³/mol. The number of carbonyl (C=O) groups excluding carboxylic acids is 1. The summed E-state index contributed by atoms with van der Waals surface area (Å²) in [6, 6.07) is 0. The second-order valence-corrected chi connectivity index (χ2v) is 6.36. The zero-order valence-corrected chi connectivity index (χ0v) is 14.6. The first-order valence-electron chi connectivity index (χ1n) is 8.57. The number of nitrogens with one attached hydrogen (secondary N) is 2. The molecule has 0 spiro atoms. The topological polar surface area (TPSA) is 56.7 Å². The van der Waals surface area contributed by atoms with Gasteiger partial charge < -0.3 is 15.5 Å². The lowest BCUT2D eigenvalue weighted by Crippen LogP contribution is -2.45. The Bertz CT molecular complexity index is 407. The molecule has 1 fully saturated rings. The summed E-state index contributed by atoms with van der Waals surface area (Å²) in [6.07, 6.45) is 4.44. The highest BCUT2D eigenvalue weighted by Crippen LogP contribution is 2.26. The lowest BCUT2D eigenvalue weighted by molar-refractivity contribution is -0.157. The molecule has 1 aliphatic carbocycles. The normalized spacial score (nSPS) is 16.8. The Hall–Kier alpha value is -1.47. The molecule has 1 rings (SSSR count). The highest BCUT2D eigenvalue weighted by Gasteiger charge is 2.31. The molecule has 0 aromatic rings. The van der Waals surface area contributed by atoms with Gasteiger partial charge in [-0.25, -0.2) is 0 Å². The number of alkyl halides is 3. The zero-order valence-electron chi connectivity index (χ0n) is 14.6. The van der Waals surface area contributed by atoms with Crippen LogP contribution in [0, 0.1) is 5.92 Å². The van der Waals surface area contributed by atoms with Crippen molar-refractivity contribution in [3.8, 4) is 0 Å². The van der Waals surface area contributed by atoms with Crippen molar-refractivity contribution >= 4 is 11.9 Å². The summed E-state index contributed by atoms with van der Waals surface area (Å²) in [7, 11) is 2.71. The third-order valence-corrected chi connectivity index (χ3v) is 4.28. The maximum absolute atomic E-state index is 12.2. The van der Waals surface area contributed by atoms with Gasteiger partial charge in [0, 0.05) is 20.6 Å². The first-order valence-corrected chi connectivity index (χ1v) is 8.57. The van der Waals surface area contributed by atoms with Gasteiger partial charge in [0.1, 0.15) is 6.54 Å². The minimum absolute atomic E-state index is 0.213. The van der Waals surface area contributed by atoms with Crippen LogP contribution in [0.15, 0.2) is 4.99 Å². The predicted octanol–water partition coefficient (Wildman–Crippen LogP) is 2.53. The summed E-state index contributed by atoms with van der Waals surface area (Å²) in [5, 5.41) is 5.85. The summed E-state index contributed by atoms with van der Waals surface area (Å²) in [5.74, 6) is 0.623. The minimum Gasteiger partial charge on any atom is -0.356 e. The molecule has 0 bridgehead atoms. The van der Waals surface area contributed by atoms with Gasteiger partial charge >= 0.3 is 6.18 Å². The minimum atomic E-state index is -4.39. The Morgan fingerprint density at radius 2 is 1.88 bits per heavy atom. The van der Waals surface area contributed by atoms with Gasteiger partial charge in [-0.2, -0.15) is 13.2 Å². The quantitative estimate of drug-likeness (QED) is 0.421. The van der Waals surface area contributed by atoms with Gasteiger partial charge in [-0.1, -0.05) is 32.1 Å². The lowest BCUT2D eigenvalue weighted by Gasteiger charge is -2.22. The Labute approximate surface area is 142 Å². The van der Waals surface area contributed by atoms with E-state index in [0.717, 1.165) is 25.9 Å². The van der Waals surface area contributed by atoms with Crippen LogP contribution in [0.5, 0.6) is 0 Å². The van der Waals surface area contributed by atoms with Crippen molar-refractivity contribution in [3.05, 3.63) is 0 Å². The molecule has 0 aromatic carbocycles. The molecule has 1 aliphatic rings. The summed E-state index contributed by atoms with van der Waals surface area (Å²) in [4.78, 5) is 16.3. The van der Waals surface area contributed by atoms with Crippen LogP contribution >= 0.6 is 0 Å². The Morgan fingerprint density at radius 3 is 2.46 bits per heavy atom. The van der Waals surface area contributed by atoms with Crippen molar-refractivity contribution in [1.29, 1.82) is 0 Å². The molecule has 0 aromatic heterocycles. The van der Waals surface area contributed by atoms with Crippen LogP contribution in [-0.4, -0.2) is 56.7 Å². The third kappa shape index (κ3) is 8.98. The molecule has 5 nitrogen and oxygen atoms in total. The van der Waals surface area contributed by atoms with E-state index in [9.17, 15) is 18.0 Å². The fourth-order valence-electron chi connectivity index (χ4n) is 2.95. The van der Waals surface area contributed by atoms with Crippen LogP contribution in [-0.2, 0) is 4.79 Å². The smallest absolute Gasteiger partial charge is 0.356 e. The average molecular weight is 350 g/mol. The first kappa shape index (κ1) is 20.6. The number of rotatable bonds is 7. The van der Waals surface area contributed by atoms with Gasteiger partial charge in [0.15, 0.2) is 5.96 Å². The fourth-order valence-corrected chi connectivity index (χ4v) is 2.95.